The Bertz CT molecular complexity index is 1440. The van der Waals surface area contributed by atoms with E-state index in [1.165, 1.54) is 4.90 Å². The first-order valence-electron chi connectivity index (χ1n) is 10.8. The molecule has 7 heteroatoms. The van der Waals surface area contributed by atoms with E-state index in [2.05, 4.69) is 10.3 Å². The number of aromatic nitrogens is 1. The lowest BCUT2D eigenvalue weighted by molar-refractivity contribution is -0.122. The Morgan fingerprint density at radius 3 is 2.29 bits per heavy atom. The molecule has 6 nitrogen and oxygen atoms in total. The summed E-state index contributed by atoms with van der Waals surface area (Å²) in [6, 6.07) is 27.6. The van der Waals surface area contributed by atoms with Gasteiger partial charge in [0.2, 0.25) is 0 Å². The van der Waals surface area contributed by atoms with Gasteiger partial charge in [-0.05, 0) is 71.9 Å². The zero-order chi connectivity index (χ0) is 24.2. The highest BCUT2D eigenvalue weighted by Crippen LogP contribution is 2.29. The summed E-state index contributed by atoms with van der Waals surface area (Å²) in [5.74, 6) is 0.271. The standard InChI is InChI=1S/C28H19N3O3S/c32-26-25(17-19-7-4-5-11-24(19)20-8-6-16-29-18-20)27(33)31(28(35)30-26)21-12-14-23(15-13-21)34-22-9-2-1-3-10-22/h1-18H,(H,30,32,35). The average molecular weight is 478 g/mol. The number of carbonyl (C=O) groups is 2. The summed E-state index contributed by atoms with van der Waals surface area (Å²) in [4.78, 5) is 31.7. The lowest BCUT2D eigenvalue weighted by atomic mass is 9.98. The third-order valence-electron chi connectivity index (χ3n) is 5.41. The van der Waals surface area contributed by atoms with Gasteiger partial charge < -0.3 is 4.74 Å². The maximum atomic E-state index is 13.4. The van der Waals surface area contributed by atoms with Gasteiger partial charge in [0.15, 0.2) is 5.11 Å². The summed E-state index contributed by atoms with van der Waals surface area (Å²) in [7, 11) is 0. The van der Waals surface area contributed by atoms with Crippen LogP contribution in [-0.4, -0.2) is 21.9 Å². The molecule has 2 amide bonds. The number of hydrogen-bond donors (Lipinski definition) is 1. The van der Waals surface area contributed by atoms with Crippen molar-refractivity contribution in [3.8, 4) is 22.6 Å². The molecule has 1 fully saturated rings. The van der Waals surface area contributed by atoms with Crippen LogP contribution in [0.3, 0.4) is 0 Å². The number of para-hydroxylation sites is 1. The highest BCUT2D eigenvalue weighted by Gasteiger charge is 2.34. The molecular formula is C28H19N3O3S. The number of benzene rings is 3. The number of nitrogens with one attached hydrogen (secondary N) is 1. The van der Waals surface area contributed by atoms with E-state index in [0.717, 1.165) is 16.7 Å². The van der Waals surface area contributed by atoms with Crippen LogP contribution in [0.1, 0.15) is 5.56 Å². The van der Waals surface area contributed by atoms with Gasteiger partial charge in [-0.25, -0.2) is 0 Å². The maximum Gasteiger partial charge on any atom is 0.270 e. The van der Waals surface area contributed by atoms with E-state index in [-0.39, 0.29) is 10.7 Å². The smallest absolute Gasteiger partial charge is 0.270 e. The summed E-state index contributed by atoms with van der Waals surface area (Å²) >= 11 is 5.33. The van der Waals surface area contributed by atoms with Gasteiger partial charge in [0.25, 0.3) is 11.8 Å². The number of rotatable bonds is 5. The molecule has 3 aromatic carbocycles. The van der Waals surface area contributed by atoms with E-state index >= 15 is 0 Å². The quantitative estimate of drug-likeness (QED) is 0.238. The van der Waals surface area contributed by atoms with Crippen LogP contribution in [0.25, 0.3) is 17.2 Å². The normalized spacial score (nSPS) is 14.7. The Balaban J connectivity index is 1.45. The molecule has 0 aliphatic carbocycles. The van der Waals surface area contributed by atoms with Crippen molar-refractivity contribution in [2.75, 3.05) is 4.90 Å². The minimum Gasteiger partial charge on any atom is -0.457 e. The first-order valence-corrected chi connectivity index (χ1v) is 11.2. The molecule has 0 bridgehead atoms. The molecule has 35 heavy (non-hydrogen) atoms. The van der Waals surface area contributed by atoms with Gasteiger partial charge >= 0.3 is 0 Å². The summed E-state index contributed by atoms with van der Waals surface area (Å²) in [6.45, 7) is 0. The summed E-state index contributed by atoms with van der Waals surface area (Å²) in [6.07, 6.45) is 5.01. The third-order valence-corrected chi connectivity index (χ3v) is 5.69. The van der Waals surface area contributed by atoms with Crippen LogP contribution in [0.4, 0.5) is 5.69 Å². The molecule has 0 atom stereocenters. The lowest BCUT2D eigenvalue weighted by Gasteiger charge is -2.29. The van der Waals surface area contributed by atoms with Crippen LogP contribution in [-0.2, 0) is 9.59 Å². The molecule has 1 aliphatic heterocycles. The van der Waals surface area contributed by atoms with E-state index in [4.69, 9.17) is 17.0 Å². The Hall–Kier alpha value is -4.62. The second kappa shape index (κ2) is 9.70. The van der Waals surface area contributed by atoms with E-state index < -0.39 is 11.8 Å². The molecule has 170 valence electrons. The van der Waals surface area contributed by atoms with E-state index in [0.29, 0.717) is 17.2 Å². The number of pyridine rings is 1. The number of hydrogen-bond acceptors (Lipinski definition) is 5. The molecule has 1 saturated heterocycles. The SMILES string of the molecule is O=C1NC(=S)N(c2ccc(Oc3ccccc3)cc2)C(=O)C1=Cc1ccccc1-c1cccnc1. The minimum absolute atomic E-state index is 0.0143. The second-order valence-electron chi connectivity index (χ2n) is 7.70. The van der Waals surface area contributed by atoms with Gasteiger partial charge in [-0.1, -0.05) is 48.5 Å². The fraction of sp³-hybridized carbons (Fsp3) is 0. The van der Waals surface area contributed by atoms with Crippen molar-refractivity contribution in [2.45, 2.75) is 0 Å². The third kappa shape index (κ3) is 4.71. The first kappa shape index (κ1) is 22.2. The molecule has 0 unspecified atom stereocenters. The predicted molar refractivity (Wildman–Crippen MR) is 139 cm³/mol. The molecule has 1 aliphatic rings. The van der Waals surface area contributed by atoms with Crippen molar-refractivity contribution in [2.24, 2.45) is 0 Å². The van der Waals surface area contributed by atoms with E-state index in [1.54, 1.807) is 42.7 Å². The van der Waals surface area contributed by atoms with Crippen LogP contribution in [0, 0.1) is 0 Å². The topological polar surface area (TPSA) is 71.5 Å². The molecule has 0 saturated carbocycles. The van der Waals surface area contributed by atoms with Crippen LogP contribution in [0.15, 0.2) is 109 Å². The van der Waals surface area contributed by atoms with Crippen molar-refractivity contribution in [1.82, 2.24) is 10.3 Å². The number of anilines is 1. The van der Waals surface area contributed by atoms with E-state index in [1.807, 2.05) is 66.7 Å². The van der Waals surface area contributed by atoms with Gasteiger partial charge in [-0.3, -0.25) is 24.8 Å². The molecular weight excluding hydrogens is 458 g/mol. The Morgan fingerprint density at radius 2 is 1.54 bits per heavy atom. The summed E-state index contributed by atoms with van der Waals surface area (Å²) < 4.78 is 5.82. The number of thiocarbonyl (C=S) groups is 1. The summed E-state index contributed by atoms with van der Waals surface area (Å²) in [5, 5.41) is 2.65. The Labute approximate surface area is 207 Å². The molecule has 1 N–H and O–H groups in total. The molecule has 1 aromatic heterocycles. The first-order chi connectivity index (χ1) is 17.1. The highest BCUT2D eigenvalue weighted by atomic mass is 32.1. The van der Waals surface area contributed by atoms with Gasteiger partial charge in [-0.15, -0.1) is 0 Å². The molecule has 2 heterocycles. The molecule has 4 aromatic rings. The van der Waals surface area contributed by atoms with Gasteiger partial charge in [-0.2, -0.15) is 0 Å². The van der Waals surface area contributed by atoms with Crippen LogP contribution >= 0.6 is 12.2 Å². The van der Waals surface area contributed by atoms with Gasteiger partial charge in [0.05, 0.1) is 5.69 Å². The number of carbonyl (C=O) groups excluding carboxylic acids is 2. The van der Waals surface area contributed by atoms with Crippen molar-refractivity contribution < 1.29 is 14.3 Å². The zero-order valence-electron chi connectivity index (χ0n) is 18.4. The molecule has 5 rings (SSSR count). The summed E-state index contributed by atoms with van der Waals surface area (Å²) in [5.41, 5.74) is 2.96. The van der Waals surface area contributed by atoms with Crippen molar-refractivity contribution in [3.63, 3.8) is 0 Å². The Morgan fingerprint density at radius 1 is 0.829 bits per heavy atom. The van der Waals surface area contributed by atoms with Crippen molar-refractivity contribution >= 4 is 40.9 Å². The van der Waals surface area contributed by atoms with Crippen LogP contribution < -0.4 is 15.0 Å². The maximum absolute atomic E-state index is 13.4. The van der Waals surface area contributed by atoms with Gasteiger partial charge in [0.1, 0.15) is 17.1 Å². The highest BCUT2D eigenvalue weighted by molar-refractivity contribution is 7.80. The van der Waals surface area contributed by atoms with Crippen molar-refractivity contribution in [3.05, 3.63) is 115 Å². The lowest BCUT2D eigenvalue weighted by Crippen LogP contribution is -2.54. The second-order valence-corrected chi connectivity index (χ2v) is 8.08. The fourth-order valence-corrected chi connectivity index (χ4v) is 4.02. The number of ether oxygens (including phenoxy) is 1. The minimum atomic E-state index is -0.540. The van der Waals surface area contributed by atoms with Crippen molar-refractivity contribution in [1.29, 1.82) is 0 Å². The van der Waals surface area contributed by atoms with E-state index in [9.17, 15) is 9.59 Å². The van der Waals surface area contributed by atoms with Gasteiger partial charge in [0, 0.05) is 18.0 Å². The predicted octanol–water partition coefficient (Wildman–Crippen LogP) is 5.37. The van der Waals surface area contributed by atoms with Crippen LogP contribution in [0.5, 0.6) is 11.5 Å². The largest absolute Gasteiger partial charge is 0.457 e. The molecule has 0 radical (unpaired) electrons. The monoisotopic (exact) mass is 477 g/mol. The Kier molecular flexibility index (Phi) is 6.15. The number of amides is 2. The van der Waals surface area contributed by atoms with Crippen LogP contribution in [0.2, 0.25) is 0 Å². The average Bonchev–Trinajstić information content (AvgIpc) is 2.89. The number of nitrogens with zero attached hydrogens (tertiary/aromatic N) is 2. The zero-order valence-corrected chi connectivity index (χ0v) is 19.2. The molecule has 0 spiro atoms. The fourth-order valence-electron chi connectivity index (χ4n) is 3.74.